The smallest absolute Gasteiger partial charge is 0.397 e. The molecule has 0 aliphatic rings. The molecule has 1 aromatic carbocycles. The summed E-state index contributed by atoms with van der Waals surface area (Å²) in [6.07, 6.45) is 0. The van der Waals surface area contributed by atoms with E-state index in [1.165, 1.54) is 19.2 Å². The number of aromatic nitrogens is 2. The Kier molecular flexibility index (Phi) is 3.19. The zero-order chi connectivity index (χ0) is 12.4. The van der Waals surface area contributed by atoms with Crippen molar-refractivity contribution < 1.29 is 18.4 Å². The highest BCUT2D eigenvalue weighted by Crippen LogP contribution is 2.22. The summed E-state index contributed by atoms with van der Waals surface area (Å²) in [7, 11) is 1.20. The first kappa shape index (κ1) is 11.7. The van der Waals surface area contributed by atoms with Crippen LogP contribution in [0.15, 0.2) is 27.2 Å². The monoisotopic (exact) mass is 300 g/mol. The zero-order valence-electron chi connectivity index (χ0n) is 8.61. The highest BCUT2D eigenvalue weighted by Gasteiger charge is 2.16. The number of ether oxygens (including phenoxy) is 1. The zero-order valence-corrected chi connectivity index (χ0v) is 10.2. The van der Waals surface area contributed by atoms with Crippen LogP contribution in [-0.4, -0.2) is 23.2 Å². The van der Waals surface area contributed by atoms with Crippen LogP contribution < -0.4 is 0 Å². The van der Waals surface area contributed by atoms with Gasteiger partial charge in [-0.05, 0) is 34.1 Å². The topological polar surface area (TPSA) is 65.2 Å². The third-order valence-corrected chi connectivity index (χ3v) is 2.61. The number of carbonyl (C=O) groups excluding carboxylic acids is 1. The molecule has 0 radical (unpaired) electrons. The van der Waals surface area contributed by atoms with Gasteiger partial charge in [-0.3, -0.25) is 0 Å². The molecule has 5 nitrogen and oxygen atoms in total. The fourth-order valence-corrected chi connectivity index (χ4v) is 1.39. The quantitative estimate of drug-likeness (QED) is 0.797. The molecule has 2 rings (SSSR count). The van der Waals surface area contributed by atoms with Crippen LogP contribution in [0.2, 0.25) is 0 Å². The lowest BCUT2D eigenvalue weighted by Crippen LogP contribution is -2.00. The van der Waals surface area contributed by atoms with Crippen molar-refractivity contribution in [2.75, 3.05) is 7.11 Å². The minimum absolute atomic E-state index is 0.122. The number of esters is 1. The van der Waals surface area contributed by atoms with Gasteiger partial charge in [0.2, 0.25) is 5.82 Å². The maximum atomic E-state index is 13.3. The molecule has 1 aromatic heterocycles. The van der Waals surface area contributed by atoms with Crippen LogP contribution in [0, 0.1) is 5.82 Å². The minimum Gasteiger partial charge on any atom is -0.462 e. The number of carbonyl (C=O) groups is 1. The van der Waals surface area contributed by atoms with E-state index in [1.54, 1.807) is 6.07 Å². The number of methoxy groups -OCH3 is 1. The summed E-state index contributed by atoms with van der Waals surface area (Å²) in [5, 5.41) is 3.56. The number of nitrogens with zero attached hydrogens (tertiary/aromatic N) is 2. The minimum atomic E-state index is -0.735. The van der Waals surface area contributed by atoms with E-state index in [4.69, 9.17) is 0 Å². The Morgan fingerprint density at radius 2 is 2.29 bits per heavy atom. The highest BCUT2D eigenvalue weighted by molar-refractivity contribution is 9.10. The molecule has 0 aliphatic carbocycles. The summed E-state index contributed by atoms with van der Waals surface area (Å²) in [5.74, 6) is -1.34. The van der Waals surface area contributed by atoms with Crippen LogP contribution >= 0.6 is 15.9 Å². The second kappa shape index (κ2) is 4.62. The van der Waals surface area contributed by atoms with Gasteiger partial charge < -0.3 is 9.26 Å². The molecule has 88 valence electrons. The molecule has 0 atom stereocenters. The average molecular weight is 301 g/mol. The maximum absolute atomic E-state index is 13.3. The van der Waals surface area contributed by atoms with E-state index in [0.717, 1.165) is 0 Å². The van der Waals surface area contributed by atoms with E-state index in [-0.39, 0.29) is 11.7 Å². The summed E-state index contributed by atoms with van der Waals surface area (Å²) < 4.78 is 22.7. The summed E-state index contributed by atoms with van der Waals surface area (Å²) >= 11 is 3.03. The molecule has 7 heteroatoms. The summed E-state index contributed by atoms with van der Waals surface area (Å²) in [6.45, 7) is 0. The number of hydrogen-bond donors (Lipinski definition) is 0. The van der Waals surface area contributed by atoms with Crippen LogP contribution in [-0.2, 0) is 4.74 Å². The number of rotatable bonds is 2. The Balaban J connectivity index is 2.37. The van der Waals surface area contributed by atoms with Gasteiger partial charge in [0.25, 0.3) is 0 Å². The fourth-order valence-electron chi connectivity index (χ4n) is 1.15. The summed E-state index contributed by atoms with van der Waals surface area (Å²) in [6, 6.07) is 4.34. The molecule has 0 fully saturated rings. The van der Waals surface area contributed by atoms with Gasteiger partial charge in [-0.15, -0.1) is 0 Å². The van der Waals surface area contributed by atoms with Crippen molar-refractivity contribution in [3.8, 4) is 11.4 Å². The van der Waals surface area contributed by atoms with E-state index in [2.05, 4.69) is 35.3 Å². The van der Waals surface area contributed by atoms with Gasteiger partial charge in [-0.2, -0.15) is 4.98 Å². The van der Waals surface area contributed by atoms with Gasteiger partial charge in [0.05, 0.1) is 11.6 Å². The van der Waals surface area contributed by atoms with Crippen LogP contribution in [0.5, 0.6) is 0 Å². The van der Waals surface area contributed by atoms with Crippen molar-refractivity contribution in [1.29, 1.82) is 0 Å². The van der Waals surface area contributed by atoms with E-state index >= 15 is 0 Å². The third kappa shape index (κ3) is 2.33. The molecule has 0 saturated heterocycles. The second-order valence-electron chi connectivity index (χ2n) is 3.04. The first-order valence-electron chi connectivity index (χ1n) is 4.49. The summed E-state index contributed by atoms with van der Waals surface area (Å²) in [4.78, 5) is 14.9. The van der Waals surface area contributed by atoms with Crippen LogP contribution in [0.3, 0.4) is 0 Å². The van der Waals surface area contributed by atoms with Crippen molar-refractivity contribution in [3.05, 3.63) is 34.4 Å². The first-order valence-corrected chi connectivity index (χ1v) is 5.28. The standard InChI is InChI=1S/C10H6BrFN2O3/c1-16-10(15)9-13-8(14-17-9)5-2-3-6(11)7(12)4-5/h2-4H,1H3. The normalized spacial score (nSPS) is 10.3. The van der Waals surface area contributed by atoms with Crippen LogP contribution in [0.4, 0.5) is 4.39 Å². The highest BCUT2D eigenvalue weighted by atomic mass is 79.9. The average Bonchev–Trinajstić information content (AvgIpc) is 2.81. The van der Waals surface area contributed by atoms with Crippen molar-refractivity contribution in [2.45, 2.75) is 0 Å². The van der Waals surface area contributed by atoms with E-state index in [9.17, 15) is 9.18 Å². The number of hydrogen-bond acceptors (Lipinski definition) is 5. The van der Waals surface area contributed by atoms with Crippen molar-refractivity contribution in [1.82, 2.24) is 10.1 Å². The molecule has 17 heavy (non-hydrogen) atoms. The maximum Gasteiger partial charge on any atom is 0.397 e. The fraction of sp³-hybridized carbons (Fsp3) is 0.100. The molecule has 0 aliphatic heterocycles. The van der Waals surface area contributed by atoms with E-state index < -0.39 is 11.8 Å². The Morgan fingerprint density at radius 3 is 2.94 bits per heavy atom. The largest absolute Gasteiger partial charge is 0.462 e. The van der Waals surface area contributed by atoms with Crippen LogP contribution in [0.25, 0.3) is 11.4 Å². The lowest BCUT2D eigenvalue weighted by atomic mass is 10.2. The molecule has 0 N–H and O–H groups in total. The molecular weight excluding hydrogens is 295 g/mol. The molecule has 0 saturated carbocycles. The van der Waals surface area contributed by atoms with Gasteiger partial charge in [0.1, 0.15) is 5.82 Å². The second-order valence-corrected chi connectivity index (χ2v) is 3.90. The molecule has 0 bridgehead atoms. The van der Waals surface area contributed by atoms with Crippen molar-refractivity contribution in [3.63, 3.8) is 0 Å². The predicted octanol–water partition coefficient (Wildman–Crippen LogP) is 2.42. The van der Waals surface area contributed by atoms with Gasteiger partial charge in [0, 0.05) is 5.56 Å². The van der Waals surface area contributed by atoms with Gasteiger partial charge >= 0.3 is 11.9 Å². The van der Waals surface area contributed by atoms with Gasteiger partial charge in [0.15, 0.2) is 0 Å². The van der Waals surface area contributed by atoms with Gasteiger partial charge in [-0.25, -0.2) is 9.18 Å². The molecule has 2 aromatic rings. The Bertz CT molecular complexity index is 570. The lowest BCUT2D eigenvalue weighted by Gasteiger charge is -1.96. The van der Waals surface area contributed by atoms with E-state index in [0.29, 0.717) is 10.0 Å². The molecule has 1 heterocycles. The SMILES string of the molecule is COC(=O)c1nc(-c2ccc(Br)c(F)c2)no1. The molecule has 0 unspecified atom stereocenters. The van der Waals surface area contributed by atoms with Crippen molar-refractivity contribution >= 4 is 21.9 Å². The number of halogens is 2. The van der Waals surface area contributed by atoms with E-state index in [1.807, 2.05) is 0 Å². The Labute approximate surface area is 104 Å². The van der Waals surface area contributed by atoms with Crippen molar-refractivity contribution in [2.24, 2.45) is 0 Å². The first-order chi connectivity index (χ1) is 8.11. The summed E-state index contributed by atoms with van der Waals surface area (Å²) in [5.41, 5.74) is 0.407. The number of benzene rings is 1. The Hall–Kier alpha value is -1.76. The lowest BCUT2D eigenvalue weighted by molar-refractivity contribution is 0.0545. The predicted molar refractivity (Wildman–Crippen MR) is 58.7 cm³/mol. The Morgan fingerprint density at radius 1 is 1.53 bits per heavy atom. The molecular formula is C10H6BrFN2O3. The molecule has 0 amide bonds. The third-order valence-electron chi connectivity index (χ3n) is 1.96. The van der Waals surface area contributed by atoms with Gasteiger partial charge in [-0.1, -0.05) is 5.16 Å². The molecule has 0 spiro atoms. The van der Waals surface area contributed by atoms with Crippen LogP contribution in [0.1, 0.15) is 10.7 Å².